The Morgan fingerprint density at radius 1 is 0.645 bits per heavy atom. The van der Waals surface area contributed by atoms with Crippen LogP contribution in [0.5, 0.6) is 5.75 Å². The van der Waals surface area contributed by atoms with Crippen molar-refractivity contribution in [1.82, 2.24) is 0 Å². The van der Waals surface area contributed by atoms with E-state index < -0.39 is 0 Å². The average molecular weight is 761 g/mol. The van der Waals surface area contributed by atoms with Crippen molar-refractivity contribution in [3.63, 3.8) is 0 Å². The van der Waals surface area contributed by atoms with Gasteiger partial charge in [-0.3, -0.25) is 0 Å². The average Bonchev–Trinajstić information content (AvgIpc) is 2.76. The van der Waals surface area contributed by atoms with Crippen molar-refractivity contribution in [2.24, 2.45) is 0 Å². The molecular weight excluding hydrogens is 741 g/mol. The Morgan fingerprint density at radius 2 is 1.10 bits per heavy atom. The minimum Gasteiger partial charge on any atom is -0.486 e. The minimum absolute atomic E-state index is 0.0110. The van der Waals surface area contributed by atoms with Crippen LogP contribution in [0.1, 0.15) is 18.6 Å². The van der Waals surface area contributed by atoms with E-state index in [9.17, 15) is 0 Å². The first-order valence-electron chi connectivity index (χ1n) is 9.78. The highest BCUT2D eigenvalue weighted by molar-refractivity contribution is 14.1. The number of hydrogen-bond donors (Lipinski definition) is 0. The van der Waals surface area contributed by atoms with Crippen LogP contribution in [0.25, 0.3) is 0 Å². The molecule has 4 aromatic rings. The molecule has 0 bridgehead atoms. The molecule has 31 heavy (non-hydrogen) atoms. The number of hydrogen-bond acceptors (Lipinski definition) is 1. The van der Waals surface area contributed by atoms with Gasteiger partial charge in [0.1, 0.15) is 11.9 Å². The van der Waals surface area contributed by atoms with E-state index in [-0.39, 0.29) is 17.0 Å². The molecule has 4 rings (SSSR count). The molecule has 0 saturated carbocycles. The molecule has 0 fully saturated rings. The van der Waals surface area contributed by atoms with E-state index in [1.807, 2.05) is 0 Å². The third-order valence-corrected chi connectivity index (χ3v) is 9.42. The van der Waals surface area contributed by atoms with Crippen LogP contribution in [0.3, 0.4) is 0 Å². The van der Waals surface area contributed by atoms with Crippen LogP contribution in [0.4, 0.5) is 0 Å². The summed E-state index contributed by atoms with van der Waals surface area (Å²) < 4.78 is 10.1. The zero-order valence-electron chi connectivity index (χ0n) is 16.8. The molecule has 1 atom stereocenters. The van der Waals surface area contributed by atoms with Crippen LogP contribution in [-0.2, 0) is 10.9 Å². The Hall–Kier alpha value is -0.780. The molecule has 0 N–H and O–H groups in total. The first kappa shape index (κ1) is 23.4. The molecule has 0 aliphatic heterocycles. The van der Waals surface area contributed by atoms with Gasteiger partial charge in [0.25, 0.3) is 0 Å². The lowest BCUT2D eigenvalue weighted by Gasteiger charge is -2.18. The van der Waals surface area contributed by atoms with Crippen molar-refractivity contribution >= 4 is 78.7 Å². The van der Waals surface area contributed by atoms with Crippen molar-refractivity contribution in [3.05, 3.63) is 113 Å². The van der Waals surface area contributed by atoms with Gasteiger partial charge < -0.3 is 4.74 Å². The standard InChI is InChI=1S/C26H20I3OS/c1-18(26-24(28)16-19(27)17-25(26)29)30-20-12-14-23(15-13-20)31(21-8-4-2-5-9-21)22-10-6-3-7-11-22/h2-18H,1H3/q+1. The summed E-state index contributed by atoms with van der Waals surface area (Å²) in [4.78, 5) is 3.92. The van der Waals surface area contributed by atoms with Crippen molar-refractivity contribution < 1.29 is 4.74 Å². The van der Waals surface area contributed by atoms with Gasteiger partial charge >= 0.3 is 0 Å². The molecule has 1 unspecified atom stereocenters. The van der Waals surface area contributed by atoms with Crippen LogP contribution < -0.4 is 4.74 Å². The van der Waals surface area contributed by atoms with Crippen LogP contribution in [0.15, 0.2) is 112 Å². The molecule has 0 heterocycles. The maximum Gasteiger partial charge on any atom is 0.166 e. The number of ether oxygens (including phenoxy) is 1. The fraction of sp³-hybridized carbons (Fsp3) is 0.0769. The topological polar surface area (TPSA) is 9.23 Å². The largest absolute Gasteiger partial charge is 0.486 e. The van der Waals surface area contributed by atoms with Crippen LogP contribution >= 0.6 is 67.8 Å². The molecule has 0 radical (unpaired) electrons. The van der Waals surface area contributed by atoms with Crippen LogP contribution in [0.2, 0.25) is 0 Å². The van der Waals surface area contributed by atoms with Gasteiger partial charge in [0.15, 0.2) is 14.7 Å². The first-order chi connectivity index (χ1) is 15.0. The number of halogens is 3. The van der Waals surface area contributed by atoms with Gasteiger partial charge in [-0.15, -0.1) is 0 Å². The zero-order chi connectivity index (χ0) is 21.8. The van der Waals surface area contributed by atoms with Crippen molar-refractivity contribution in [2.45, 2.75) is 27.7 Å². The Balaban J connectivity index is 1.61. The third kappa shape index (κ3) is 5.78. The fourth-order valence-electron chi connectivity index (χ4n) is 3.38. The predicted molar refractivity (Wildman–Crippen MR) is 155 cm³/mol. The molecule has 0 amide bonds. The molecule has 1 nitrogen and oxygen atoms in total. The normalized spacial score (nSPS) is 12.0. The van der Waals surface area contributed by atoms with Gasteiger partial charge in [-0.2, -0.15) is 0 Å². The van der Waals surface area contributed by atoms with Gasteiger partial charge in [0.05, 0.1) is 10.9 Å². The predicted octanol–water partition coefficient (Wildman–Crippen LogP) is 8.74. The summed E-state index contributed by atoms with van der Waals surface area (Å²) >= 11 is 7.18. The van der Waals surface area contributed by atoms with E-state index in [1.54, 1.807) is 0 Å². The lowest BCUT2D eigenvalue weighted by Crippen LogP contribution is -2.08. The van der Waals surface area contributed by atoms with Gasteiger partial charge in [-0.25, -0.2) is 0 Å². The summed E-state index contributed by atoms with van der Waals surface area (Å²) in [7, 11) is -0.140. The summed E-state index contributed by atoms with van der Waals surface area (Å²) in [5, 5.41) is 0. The molecule has 4 aromatic carbocycles. The lowest BCUT2D eigenvalue weighted by molar-refractivity contribution is 0.225. The third-order valence-electron chi connectivity index (χ3n) is 4.78. The van der Waals surface area contributed by atoms with Gasteiger partial charge in [0, 0.05) is 16.3 Å². The molecule has 0 aromatic heterocycles. The summed E-state index contributed by atoms with van der Waals surface area (Å²) in [6.45, 7) is 2.12. The number of rotatable bonds is 6. The lowest BCUT2D eigenvalue weighted by atomic mass is 10.1. The molecule has 0 saturated heterocycles. The number of benzene rings is 4. The molecular formula is C26H20I3OS+. The highest BCUT2D eigenvalue weighted by Gasteiger charge is 2.28. The highest BCUT2D eigenvalue weighted by atomic mass is 127. The Labute approximate surface area is 227 Å². The van der Waals surface area contributed by atoms with Crippen LogP contribution in [-0.4, -0.2) is 0 Å². The maximum atomic E-state index is 6.34. The quantitative estimate of drug-likeness (QED) is 0.141. The van der Waals surface area contributed by atoms with Gasteiger partial charge in [-0.1, -0.05) is 36.4 Å². The van der Waals surface area contributed by atoms with Crippen LogP contribution in [0, 0.1) is 10.7 Å². The highest BCUT2D eigenvalue weighted by Crippen LogP contribution is 2.34. The van der Waals surface area contributed by atoms with E-state index in [0.29, 0.717) is 0 Å². The summed E-state index contributed by atoms with van der Waals surface area (Å²) in [6.07, 6.45) is -0.0110. The monoisotopic (exact) mass is 761 g/mol. The van der Waals surface area contributed by atoms with Crippen molar-refractivity contribution in [3.8, 4) is 5.75 Å². The summed E-state index contributed by atoms with van der Waals surface area (Å²) in [6, 6.07) is 34.5. The van der Waals surface area contributed by atoms with Crippen molar-refractivity contribution in [1.29, 1.82) is 0 Å². The minimum atomic E-state index is -0.140. The second-order valence-corrected chi connectivity index (χ2v) is 12.5. The smallest absolute Gasteiger partial charge is 0.166 e. The zero-order valence-corrected chi connectivity index (χ0v) is 24.1. The second-order valence-electron chi connectivity index (χ2n) is 6.95. The van der Waals surface area contributed by atoms with Gasteiger partial charge in [-0.05, 0) is 135 Å². The second kappa shape index (κ2) is 10.9. The van der Waals surface area contributed by atoms with E-state index in [0.717, 1.165) is 5.75 Å². The molecule has 0 aliphatic rings. The Kier molecular flexibility index (Phi) is 8.22. The molecule has 0 spiro atoms. The fourth-order valence-corrected chi connectivity index (χ4v) is 9.92. The van der Waals surface area contributed by atoms with E-state index in [2.05, 4.69) is 172 Å². The summed E-state index contributed by atoms with van der Waals surface area (Å²) in [5.74, 6) is 0.895. The Bertz CT molecular complexity index is 1090. The van der Waals surface area contributed by atoms with Gasteiger partial charge in [0.2, 0.25) is 0 Å². The Morgan fingerprint density at radius 3 is 1.58 bits per heavy atom. The van der Waals surface area contributed by atoms with Crippen molar-refractivity contribution in [2.75, 3.05) is 0 Å². The molecule has 156 valence electrons. The summed E-state index contributed by atoms with van der Waals surface area (Å²) in [5.41, 5.74) is 1.25. The molecule has 5 heteroatoms. The first-order valence-corrected chi connectivity index (χ1v) is 14.2. The van der Waals surface area contributed by atoms with E-state index >= 15 is 0 Å². The van der Waals surface area contributed by atoms with E-state index in [4.69, 9.17) is 4.74 Å². The maximum absolute atomic E-state index is 6.34. The van der Waals surface area contributed by atoms with E-state index in [1.165, 1.54) is 31.0 Å². The molecule has 0 aliphatic carbocycles. The SMILES string of the molecule is CC(Oc1ccc([S+](c2ccccc2)c2ccccc2)cc1)c1c(I)cc(I)cc1I.